The molecule has 3 N–H and O–H groups in total. The van der Waals surface area contributed by atoms with Crippen molar-refractivity contribution in [3.63, 3.8) is 0 Å². The number of benzene rings is 1. The van der Waals surface area contributed by atoms with Gasteiger partial charge in [0.15, 0.2) is 10.9 Å². The highest BCUT2D eigenvalue weighted by molar-refractivity contribution is 7.13. The van der Waals surface area contributed by atoms with E-state index in [2.05, 4.69) is 15.6 Å². The molecule has 1 aliphatic rings. The van der Waals surface area contributed by atoms with Gasteiger partial charge in [0.25, 0.3) is 0 Å². The van der Waals surface area contributed by atoms with Crippen LogP contribution < -0.4 is 10.6 Å². The SMILES string of the molecule is O=C(O)Cc1ccc(NC(=O)Nc2nccs2)c(C(=O)C2CCCC2)c1. The van der Waals surface area contributed by atoms with E-state index in [1.807, 2.05) is 0 Å². The summed E-state index contributed by atoms with van der Waals surface area (Å²) in [5, 5.41) is 16.5. The molecule has 0 bridgehead atoms. The topological polar surface area (TPSA) is 108 Å². The minimum Gasteiger partial charge on any atom is -0.481 e. The number of ketones is 1. The lowest BCUT2D eigenvalue weighted by atomic mass is 9.93. The van der Waals surface area contributed by atoms with Gasteiger partial charge in [-0.15, -0.1) is 11.3 Å². The first-order valence-corrected chi connectivity index (χ1v) is 9.27. The van der Waals surface area contributed by atoms with Gasteiger partial charge < -0.3 is 10.4 Å². The monoisotopic (exact) mass is 373 g/mol. The van der Waals surface area contributed by atoms with Gasteiger partial charge in [0.2, 0.25) is 0 Å². The van der Waals surface area contributed by atoms with Crippen molar-refractivity contribution in [1.82, 2.24) is 4.98 Å². The van der Waals surface area contributed by atoms with Crippen LogP contribution >= 0.6 is 11.3 Å². The number of nitrogens with zero attached hydrogens (tertiary/aromatic N) is 1. The number of hydrogen-bond donors (Lipinski definition) is 3. The van der Waals surface area contributed by atoms with Crippen molar-refractivity contribution < 1.29 is 19.5 Å². The van der Waals surface area contributed by atoms with Crippen molar-refractivity contribution >= 4 is 39.9 Å². The molecule has 26 heavy (non-hydrogen) atoms. The Morgan fingerprint density at radius 1 is 1.19 bits per heavy atom. The minimum absolute atomic E-state index is 0.0423. The van der Waals surface area contributed by atoms with Crippen LogP contribution in [0.4, 0.5) is 15.6 Å². The van der Waals surface area contributed by atoms with Crippen molar-refractivity contribution in [3.8, 4) is 0 Å². The van der Waals surface area contributed by atoms with Crippen LogP contribution in [0.3, 0.4) is 0 Å². The number of carboxylic acid groups (broad SMARTS) is 1. The molecule has 1 aromatic heterocycles. The third-order valence-electron chi connectivity index (χ3n) is 4.33. The molecule has 8 heteroatoms. The summed E-state index contributed by atoms with van der Waals surface area (Å²) in [7, 11) is 0. The Balaban J connectivity index is 1.83. The largest absolute Gasteiger partial charge is 0.481 e. The molecule has 0 spiro atoms. The maximum atomic E-state index is 12.9. The van der Waals surface area contributed by atoms with E-state index in [1.54, 1.807) is 29.8 Å². The predicted molar refractivity (Wildman–Crippen MR) is 98.8 cm³/mol. The maximum absolute atomic E-state index is 12.9. The van der Waals surface area contributed by atoms with E-state index in [4.69, 9.17) is 5.11 Å². The number of aliphatic carboxylic acids is 1. The third kappa shape index (κ3) is 4.45. The Bertz CT molecular complexity index is 814. The average Bonchev–Trinajstić information content (AvgIpc) is 3.28. The van der Waals surface area contributed by atoms with Crippen molar-refractivity contribution in [3.05, 3.63) is 40.9 Å². The number of carbonyl (C=O) groups excluding carboxylic acids is 2. The molecule has 2 amide bonds. The van der Waals surface area contributed by atoms with Gasteiger partial charge in [-0.1, -0.05) is 18.9 Å². The predicted octanol–water partition coefficient (Wildman–Crippen LogP) is 3.79. The Labute approximate surface area is 154 Å². The molecular formula is C18H19N3O4S. The zero-order valence-electron chi connectivity index (χ0n) is 14.0. The first-order chi connectivity index (χ1) is 12.5. The Morgan fingerprint density at radius 3 is 2.62 bits per heavy atom. The number of nitrogens with one attached hydrogen (secondary N) is 2. The lowest BCUT2D eigenvalue weighted by Gasteiger charge is -2.15. The second kappa shape index (κ2) is 8.09. The molecule has 0 atom stereocenters. The second-order valence-corrected chi connectivity index (χ2v) is 7.11. The van der Waals surface area contributed by atoms with Gasteiger partial charge in [0, 0.05) is 23.1 Å². The fourth-order valence-corrected chi connectivity index (χ4v) is 3.66. The van der Waals surface area contributed by atoms with Crippen molar-refractivity contribution in [1.29, 1.82) is 0 Å². The van der Waals surface area contributed by atoms with Gasteiger partial charge in [0.05, 0.1) is 12.1 Å². The lowest BCUT2D eigenvalue weighted by molar-refractivity contribution is -0.136. The van der Waals surface area contributed by atoms with Crippen molar-refractivity contribution in [2.24, 2.45) is 5.92 Å². The summed E-state index contributed by atoms with van der Waals surface area (Å²) < 4.78 is 0. The first kappa shape index (κ1) is 18.1. The van der Waals surface area contributed by atoms with Crippen molar-refractivity contribution in [2.75, 3.05) is 10.6 Å². The zero-order valence-corrected chi connectivity index (χ0v) is 14.8. The van der Waals surface area contributed by atoms with Gasteiger partial charge in [-0.25, -0.2) is 9.78 Å². The minimum atomic E-state index is -0.966. The van der Waals surface area contributed by atoms with Crippen LogP contribution in [-0.2, 0) is 11.2 Å². The Kier molecular flexibility index (Phi) is 5.62. The number of rotatable bonds is 6. The molecule has 0 radical (unpaired) electrons. The maximum Gasteiger partial charge on any atom is 0.325 e. The molecule has 2 aromatic rings. The highest BCUT2D eigenvalue weighted by atomic mass is 32.1. The van der Waals surface area contributed by atoms with E-state index < -0.39 is 12.0 Å². The molecule has 0 aliphatic heterocycles. The molecule has 1 saturated carbocycles. The number of aromatic nitrogens is 1. The highest BCUT2D eigenvalue weighted by Crippen LogP contribution is 2.31. The smallest absolute Gasteiger partial charge is 0.325 e. The van der Waals surface area contributed by atoms with E-state index in [0.717, 1.165) is 25.7 Å². The van der Waals surface area contributed by atoms with Crippen LogP contribution in [0.25, 0.3) is 0 Å². The average molecular weight is 373 g/mol. The Morgan fingerprint density at radius 2 is 1.96 bits per heavy atom. The molecule has 1 aliphatic carbocycles. The van der Waals surface area contributed by atoms with Crippen LogP contribution in [0.1, 0.15) is 41.6 Å². The second-order valence-electron chi connectivity index (χ2n) is 6.21. The molecule has 1 heterocycles. The summed E-state index contributed by atoms with van der Waals surface area (Å²) in [6.45, 7) is 0. The normalized spacial score (nSPS) is 14.2. The standard InChI is InChI=1S/C18H19N3O4S/c22-15(23)10-11-5-6-14(20-17(25)21-18-19-7-8-26-18)13(9-11)16(24)12-3-1-2-4-12/h5-9,12H,1-4,10H2,(H,22,23)(H2,19,20,21,25). The molecule has 1 fully saturated rings. The number of thiazole rings is 1. The third-order valence-corrected chi connectivity index (χ3v) is 5.02. The fourth-order valence-electron chi connectivity index (χ4n) is 3.13. The summed E-state index contributed by atoms with van der Waals surface area (Å²) in [5.41, 5.74) is 1.28. The molecular weight excluding hydrogens is 354 g/mol. The van der Waals surface area contributed by atoms with E-state index in [1.165, 1.54) is 11.3 Å². The van der Waals surface area contributed by atoms with Crippen LogP contribution in [0, 0.1) is 5.92 Å². The summed E-state index contributed by atoms with van der Waals surface area (Å²) in [4.78, 5) is 40.0. The summed E-state index contributed by atoms with van der Waals surface area (Å²) >= 11 is 1.29. The summed E-state index contributed by atoms with van der Waals surface area (Å²) in [6.07, 6.45) is 5.09. The van der Waals surface area contributed by atoms with Gasteiger partial charge in [-0.3, -0.25) is 14.9 Å². The van der Waals surface area contributed by atoms with E-state index in [-0.39, 0.29) is 18.1 Å². The van der Waals surface area contributed by atoms with Gasteiger partial charge in [-0.2, -0.15) is 0 Å². The quantitative estimate of drug-likeness (QED) is 0.668. The summed E-state index contributed by atoms with van der Waals surface area (Å²) in [6, 6.07) is 4.28. The lowest BCUT2D eigenvalue weighted by Crippen LogP contribution is -2.22. The molecule has 3 rings (SSSR count). The van der Waals surface area contributed by atoms with E-state index in [0.29, 0.717) is 21.9 Å². The number of Topliss-reactive ketones (excluding diaryl/α,β-unsaturated/α-hetero) is 1. The molecule has 0 unspecified atom stereocenters. The van der Waals surface area contributed by atoms with Crippen LogP contribution in [0.2, 0.25) is 0 Å². The number of carbonyl (C=O) groups is 3. The highest BCUT2D eigenvalue weighted by Gasteiger charge is 2.26. The number of urea groups is 1. The van der Waals surface area contributed by atoms with Crippen LogP contribution in [-0.4, -0.2) is 27.9 Å². The number of amides is 2. The molecule has 7 nitrogen and oxygen atoms in total. The zero-order chi connectivity index (χ0) is 18.5. The number of carboxylic acids is 1. The van der Waals surface area contributed by atoms with Crippen molar-refractivity contribution in [2.45, 2.75) is 32.1 Å². The first-order valence-electron chi connectivity index (χ1n) is 8.39. The van der Waals surface area contributed by atoms with Gasteiger partial charge >= 0.3 is 12.0 Å². The van der Waals surface area contributed by atoms with Gasteiger partial charge in [-0.05, 0) is 30.5 Å². The fraction of sp³-hybridized carbons (Fsp3) is 0.333. The number of hydrogen-bond acceptors (Lipinski definition) is 5. The number of anilines is 2. The van der Waals surface area contributed by atoms with E-state index >= 15 is 0 Å². The van der Waals surface area contributed by atoms with E-state index in [9.17, 15) is 14.4 Å². The van der Waals surface area contributed by atoms with Crippen LogP contribution in [0.15, 0.2) is 29.8 Å². The van der Waals surface area contributed by atoms with Crippen LogP contribution in [0.5, 0.6) is 0 Å². The Hall–Kier alpha value is -2.74. The molecule has 0 saturated heterocycles. The molecule has 1 aromatic carbocycles. The molecule has 136 valence electrons. The summed E-state index contributed by atoms with van der Waals surface area (Å²) in [5.74, 6) is -1.08. The van der Waals surface area contributed by atoms with Gasteiger partial charge in [0.1, 0.15) is 0 Å².